The number of benzene rings is 1. The molecule has 3 rings (SSSR count). The minimum atomic E-state index is -3.70. The van der Waals surface area contributed by atoms with Gasteiger partial charge in [-0.3, -0.25) is 4.79 Å². The maximum atomic E-state index is 12.1. The van der Waals surface area contributed by atoms with Crippen LogP contribution in [0.15, 0.2) is 43.0 Å². The molecule has 1 fully saturated rings. The molecule has 8 heteroatoms. The first-order valence-electron chi connectivity index (χ1n) is 6.80. The summed E-state index contributed by atoms with van der Waals surface area (Å²) in [5, 5.41) is 4.31. The number of primary sulfonamides is 1. The van der Waals surface area contributed by atoms with Crippen LogP contribution in [0.4, 0.5) is 5.69 Å². The number of aromatic nitrogens is 2. The predicted octanol–water partition coefficient (Wildman–Crippen LogP) is 0.325. The molecule has 116 valence electrons. The molecule has 1 aromatic carbocycles. The summed E-state index contributed by atoms with van der Waals surface area (Å²) in [6.45, 7) is 0.737. The highest BCUT2D eigenvalue weighted by atomic mass is 32.2. The van der Waals surface area contributed by atoms with Gasteiger partial charge in [0.05, 0.1) is 6.33 Å². The normalized spacial score (nSPS) is 18.9. The van der Waals surface area contributed by atoms with Gasteiger partial charge in [0.15, 0.2) is 0 Å². The number of carbonyl (C=O) groups is 1. The van der Waals surface area contributed by atoms with Gasteiger partial charge in [-0.15, -0.1) is 0 Å². The fraction of sp³-hybridized carbons (Fsp3) is 0.286. The maximum Gasteiger partial charge on any atom is 0.228 e. The Balaban J connectivity index is 1.82. The van der Waals surface area contributed by atoms with Crippen molar-refractivity contribution < 1.29 is 13.2 Å². The molecule has 0 saturated carbocycles. The Kier molecular flexibility index (Phi) is 3.71. The van der Waals surface area contributed by atoms with Crippen molar-refractivity contribution in [2.24, 2.45) is 5.14 Å². The third-order valence-corrected chi connectivity index (χ3v) is 4.95. The summed E-state index contributed by atoms with van der Waals surface area (Å²) >= 11 is 0. The highest BCUT2D eigenvalue weighted by molar-refractivity contribution is 7.89. The molecule has 1 aliphatic rings. The van der Waals surface area contributed by atoms with E-state index in [1.807, 2.05) is 29.0 Å². The van der Waals surface area contributed by atoms with Crippen LogP contribution in [0.3, 0.4) is 0 Å². The van der Waals surface area contributed by atoms with Crippen molar-refractivity contribution in [3.63, 3.8) is 0 Å². The number of hydrogen-bond donors (Lipinski definition) is 1. The fourth-order valence-electron chi connectivity index (χ4n) is 2.56. The van der Waals surface area contributed by atoms with E-state index in [2.05, 4.69) is 4.98 Å². The molecule has 2 N–H and O–H groups in total. The first-order valence-corrected chi connectivity index (χ1v) is 8.41. The molecule has 0 bridgehead atoms. The monoisotopic (exact) mass is 320 g/mol. The van der Waals surface area contributed by atoms with E-state index in [-0.39, 0.29) is 18.9 Å². The van der Waals surface area contributed by atoms with Gasteiger partial charge in [0.25, 0.3) is 0 Å². The lowest BCUT2D eigenvalue weighted by Crippen LogP contribution is -2.32. The summed E-state index contributed by atoms with van der Waals surface area (Å²) in [5.41, 5.74) is 1.69. The first-order chi connectivity index (χ1) is 10.4. The SMILES string of the molecule is NS(=O)(=O)C1CC(=O)N(c2cccc(Cn3ccnc3)c2)C1. The number of hydrogen-bond acceptors (Lipinski definition) is 4. The summed E-state index contributed by atoms with van der Waals surface area (Å²) in [4.78, 5) is 17.5. The smallest absolute Gasteiger partial charge is 0.228 e. The summed E-state index contributed by atoms with van der Waals surface area (Å²) < 4.78 is 24.8. The van der Waals surface area contributed by atoms with E-state index in [0.29, 0.717) is 12.2 Å². The molecule has 2 heterocycles. The van der Waals surface area contributed by atoms with Crippen LogP contribution >= 0.6 is 0 Å². The van der Waals surface area contributed by atoms with Crippen molar-refractivity contribution in [2.75, 3.05) is 11.4 Å². The Bertz CT molecular complexity index is 786. The second-order valence-electron chi connectivity index (χ2n) is 5.32. The Morgan fingerprint density at radius 3 is 2.82 bits per heavy atom. The van der Waals surface area contributed by atoms with Crippen LogP contribution in [0, 0.1) is 0 Å². The van der Waals surface area contributed by atoms with Crippen LogP contribution in [0.5, 0.6) is 0 Å². The van der Waals surface area contributed by atoms with E-state index in [4.69, 9.17) is 5.14 Å². The Morgan fingerprint density at radius 1 is 1.36 bits per heavy atom. The average Bonchev–Trinajstić information content (AvgIpc) is 3.08. The zero-order valence-electron chi connectivity index (χ0n) is 11.8. The van der Waals surface area contributed by atoms with Gasteiger partial charge in [0.1, 0.15) is 5.25 Å². The number of carbonyl (C=O) groups excluding carboxylic acids is 1. The summed E-state index contributed by atoms with van der Waals surface area (Å²) in [6, 6.07) is 7.46. The largest absolute Gasteiger partial charge is 0.333 e. The number of sulfonamides is 1. The van der Waals surface area contributed by atoms with E-state index < -0.39 is 15.3 Å². The molecular weight excluding hydrogens is 304 g/mol. The van der Waals surface area contributed by atoms with Crippen molar-refractivity contribution in [1.29, 1.82) is 0 Å². The second kappa shape index (κ2) is 5.54. The predicted molar refractivity (Wildman–Crippen MR) is 81.6 cm³/mol. The number of nitrogens with two attached hydrogens (primary N) is 1. The van der Waals surface area contributed by atoms with Crippen LogP contribution in [0.25, 0.3) is 0 Å². The minimum absolute atomic E-state index is 0.0649. The van der Waals surface area contributed by atoms with Crippen molar-refractivity contribution in [2.45, 2.75) is 18.2 Å². The maximum absolute atomic E-state index is 12.1. The van der Waals surface area contributed by atoms with Crippen LogP contribution in [0.2, 0.25) is 0 Å². The summed E-state index contributed by atoms with van der Waals surface area (Å²) in [5.74, 6) is -0.223. The fourth-order valence-corrected chi connectivity index (χ4v) is 3.29. The van der Waals surface area contributed by atoms with Crippen molar-refractivity contribution in [1.82, 2.24) is 9.55 Å². The van der Waals surface area contributed by atoms with Gasteiger partial charge in [-0.05, 0) is 17.7 Å². The quantitative estimate of drug-likeness (QED) is 0.877. The van der Waals surface area contributed by atoms with Crippen molar-refractivity contribution >= 4 is 21.6 Å². The number of amides is 1. The zero-order valence-corrected chi connectivity index (χ0v) is 12.6. The molecule has 22 heavy (non-hydrogen) atoms. The van der Waals surface area contributed by atoms with Crippen LogP contribution < -0.4 is 10.0 Å². The molecule has 1 saturated heterocycles. The molecular formula is C14H16N4O3S. The average molecular weight is 320 g/mol. The zero-order chi connectivity index (χ0) is 15.7. The molecule has 1 aromatic heterocycles. The molecule has 1 aliphatic heterocycles. The van der Waals surface area contributed by atoms with Gasteiger partial charge < -0.3 is 9.47 Å². The molecule has 1 unspecified atom stereocenters. The van der Waals surface area contributed by atoms with Crippen LogP contribution in [0.1, 0.15) is 12.0 Å². The molecule has 0 radical (unpaired) electrons. The third kappa shape index (κ3) is 3.02. The van der Waals surface area contributed by atoms with E-state index in [1.54, 1.807) is 18.6 Å². The van der Waals surface area contributed by atoms with Gasteiger partial charge in [-0.1, -0.05) is 12.1 Å². The van der Waals surface area contributed by atoms with E-state index in [1.165, 1.54) is 4.90 Å². The lowest BCUT2D eigenvalue weighted by molar-refractivity contribution is -0.117. The van der Waals surface area contributed by atoms with Gasteiger partial charge in [-0.25, -0.2) is 18.5 Å². The van der Waals surface area contributed by atoms with Crippen molar-refractivity contribution in [3.8, 4) is 0 Å². The minimum Gasteiger partial charge on any atom is -0.333 e. The second-order valence-corrected chi connectivity index (χ2v) is 7.17. The number of rotatable bonds is 4. The molecule has 0 spiro atoms. The van der Waals surface area contributed by atoms with Crippen LogP contribution in [-0.4, -0.2) is 35.7 Å². The van der Waals surface area contributed by atoms with Gasteiger partial charge in [0, 0.05) is 37.6 Å². The molecule has 0 aliphatic carbocycles. The lowest BCUT2D eigenvalue weighted by atomic mass is 10.2. The lowest BCUT2D eigenvalue weighted by Gasteiger charge is -2.17. The Morgan fingerprint density at radius 2 is 2.18 bits per heavy atom. The molecule has 7 nitrogen and oxygen atoms in total. The highest BCUT2D eigenvalue weighted by Crippen LogP contribution is 2.25. The first kappa shape index (κ1) is 14.7. The summed E-state index contributed by atoms with van der Waals surface area (Å²) in [7, 11) is -3.70. The molecule has 1 atom stereocenters. The number of anilines is 1. The van der Waals surface area contributed by atoms with E-state index in [0.717, 1.165) is 5.56 Å². The summed E-state index contributed by atoms with van der Waals surface area (Å²) in [6.07, 6.45) is 5.20. The Labute approximate surface area is 128 Å². The topological polar surface area (TPSA) is 98.3 Å². The van der Waals surface area contributed by atoms with E-state index >= 15 is 0 Å². The van der Waals surface area contributed by atoms with Gasteiger partial charge >= 0.3 is 0 Å². The van der Waals surface area contributed by atoms with Gasteiger partial charge in [-0.2, -0.15) is 0 Å². The standard InChI is InChI=1S/C14H16N4O3S/c15-22(20,21)13-7-14(19)18(9-13)12-3-1-2-11(6-12)8-17-5-4-16-10-17/h1-6,10,13H,7-9H2,(H2,15,20,21). The van der Waals surface area contributed by atoms with Gasteiger partial charge in [0.2, 0.25) is 15.9 Å². The van der Waals surface area contributed by atoms with E-state index in [9.17, 15) is 13.2 Å². The number of imidazole rings is 1. The number of nitrogens with zero attached hydrogens (tertiary/aromatic N) is 3. The van der Waals surface area contributed by atoms with Crippen LogP contribution in [-0.2, 0) is 21.4 Å². The third-order valence-electron chi connectivity index (χ3n) is 3.70. The molecule has 1 amide bonds. The van der Waals surface area contributed by atoms with Crippen molar-refractivity contribution in [3.05, 3.63) is 48.5 Å². The Hall–Kier alpha value is -2.19. The highest BCUT2D eigenvalue weighted by Gasteiger charge is 2.37. The molecule has 2 aromatic rings.